The highest BCUT2D eigenvalue weighted by molar-refractivity contribution is 6.03. The van der Waals surface area contributed by atoms with Gasteiger partial charge in [0.2, 0.25) is 0 Å². The number of ketones is 1. The van der Waals surface area contributed by atoms with Gasteiger partial charge in [0.15, 0.2) is 5.78 Å². The molecule has 0 saturated heterocycles. The number of aromatic hydroxyl groups is 1. The Morgan fingerprint density at radius 1 is 1.44 bits per heavy atom. The molecule has 1 aliphatic rings. The summed E-state index contributed by atoms with van der Waals surface area (Å²) >= 11 is 0. The Hall–Kier alpha value is -1.57. The predicted octanol–water partition coefficient (Wildman–Crippen LogP) is 2.81. The van der Waals surface area contributed by atoms with Gasteiger partial charge in [0.1, 0.15) is 5.75 Å². The van der Waals surface area contributed by atoms with Crippen molar-refractivity contribution in [2.24, 2.45) is 0 Å². The van der Waals surface area contributed by atoms with E-state index < -0.39 is 0 Å². The van der Waals surface area contributed by atoms with Gasteiger partial charge >= 0.3 is 0 Å². The maximum Gasteiger partial charge on any atom is 0.167 e. The molecule has 1 aromatic rings. The first kappa shape index (κ1) is 10.9. The summed E-state index contributed by atoms with van der Waals surface area (Å²) in [6.45, 7) is 5.75. The standard InChI is InChI=1S/C14H16O2/c1-3-5-10-8-9(4-2)11-6-7-12(15)13(11)14(10)16/h3,8,16H,1,4-7H2,2H3. The Bertz CT molecular complexity index is 458. The summed E-state index contributed by atoms with van der Waals surface area (Å²) in [5.74, 6) is 0.253. The molecule has 0 aromatic heterocycles. The first-order valence-corrected chi connectivity index (χ1v) is 5.69. The molecule has 1 N–H and O–H groups in total. The zero-order valence-electron chi connectivity index (χ0n) is 9.55. The van der Waals surface area contributed by atoms with Crippen LogP contribution in [-0.2, 0) is 19.3 Å². The van der Waals surface area contributed by atoms with E-state index in [0.717, 1.165) is 24.0 Å². The molecule has 2 rings (SSSR count). The van der Waals surface area contributed by atoms with Crippen LogP contribution in [0.25, 0.3) is 0 Å². The number of Topliss-reactive ketones (excluding diaryl/α,β-unsaturated/α-hetero) is 1. The van der Waals surface area contributed by atoms with Gasteiger partial charge in [-0.25, -0.2) is 0 Å². The lowest BCUT2D eigenvalue weighted by atomic mass is 9.95. The summed E-state index contributed by atoms with van der Waals surface area (Å²) < 4.78 is 0. The zero-order valence-corrected chi connectivity index (χ0v) is 9.55. The molecule has 0 atom stereocenters. The Morgan fingerprint density at radius 2 is 2.19 bits per heavy atom. The highest BCUT2D eigenvalue weighted by atomic mass is 16.3. The van der Waals surface area contributed by atoms with Crippen molar-refractivity contribution in [1.82, 2.24) is 0 Å². The van der Waals surface area contributed by atoms with Gasteiger partial charge < -0.3 is 5.11 Å². The Morgan fingerprint density at radius 3 is 2.81 bits per heavy atom. The summed E-state index contributed by atoms with van der Waals surface area (Å²) in [7, 11) is 0. The average molecular weight is 216 g/mol. The van der Waals surface area contributed by atoms with E-state index in [1.54, 1.807) is 6.08 Å². The fourth-order valence-corrected chi connectivity index (χ4v) is 2.41. The predicted molar refractivity (Wildman–Crippen MR) is 64.0 cm³/mol. The van der Waals surface area contributed by atoms with Crippen molar-refractivity contribution >= 4 is 5.78 Å². The summed E-state index contributed by atoms with van der Waals surface area (Å²) in [4.78, 5) is 11.7. The molecule has 16 heavy (non-hydrogen) atoms. The van der Waals surface area contributed by atoms with E-state index >= 15 is 0 Å². The SMILES string of the molecule is C=CCc1cc(CC)c2c(c1O)C(=O)CC2. The maximum atomic E-state index is 11.7. The van der Waals surface area contributed by atoms with Gasteiger partial charge in [-0.05, 0) is 36.0 Å². The third-order valence-electron chi connectivity index (χ3n) is 3.20. The molecule has 0 bridgehead atoms. The van der Waals surface area contributed by atoms with E-state index in [-0.39, 0.29) is 11.5 Å². The average Bonchev–Trinajstić information content (AvgIpc) is 2.65. The van der Waals surface area contributed by atoms with Crippen molar-refractivity contribution in [2.45, 2.75) is 32.6 Å². The molecular formula is C14H16O2. The van der Waals surface area contributed by atoms with Crippen LogP contribution >= 0.6 is 0 Å². The second kappa shape index (κ2) is 4.12. The number of allylic oxidation sites excluding steroid dienone is 1. The summed E-state index contributed by atoms with van der Waals surface area (Å²) in [6, 6.07) is 2.01. The normalized spacial score (nSPS) is 13.9. The van der Waals surface area contributed by atoms with Crippen molar-refractivity contribution in [3.63, 3.8) is 0 Å². The number of carbonyl (C=O) groups excluding carboxylic acids is 1. The quantitative estimate of drug-likeness (QED) is 0.789. The lowest BCUT2D eigenvalue weighted by Gasteiger charge is -2.11. The smallest absolute Gasteiger partial charge is 0.167 e. The lowest BCUT2D eigenvalue weighted by Crippen LogP contribution is -1.99. The summed E-state index contributed by atoms with van der Waals surface area (Å²) in [6.07, 6.45) is 4.58. The van der Waals surface area contributed by atoms with Gasteiger partial charge in [-0.15, -0.1) is 6.58 Å². The molecule has 2 heteroatoms. The molecule has 0 saturated carbocycles. The minimum atomic E-state index is 0.0770. The molecule has 1 aliphatic carbocycles. The molecule has 1 aromatic carbocycles. The van der Waals surface area contributed by atoms with Crippen LogP contribution in [0.2, 0.25) is 0 Å². The molecule has 84 valence electrons. The zero-order chi connectivity index (χ0) is 11.7. The van der Waals surface area contributed by atoms with Gasteiger partial charge in [0, 0.05) is 6.42 Å². The number of phenols is 1. The Kier molecular flexibility index (Phi) is 2.82. The van der Waals surface area contributed by atoms with Crippen molar-refractivity contribution < 1.29 is 9.90 Å². The number of rotatable bonds is 3. The number of fused-ring (bicyclic) bond motifs is 1. The highest BCUT2D eigenvalue weighted by Gasteiger charge is 2.27. The lowest BCUT2D eigenvalue weighted by molar-refractivity contribution is 0.0992. The van der Waals surface area contributed by atoms with Crippen molar-refractivity contribution in [3.8, 4) is 5.75 Å². The number of aryl methyl sites for hydroxylation is 1. The molecular weight excluding hydrogens is 200 g/mol. The van der Waals surface area contributed by atoms with Crippen LogP contribution in [0.4, 0.5) is 0 Å². The van der Waals surface area contributed by atoms with Crippen molar-refractivity contribution in [3.05, 3.63) is 41.0 Å². The Labute approximate surface area is 95.6 Å². The van der Waals surface area contributed by atoms with Gasteiger partial charge in [-0.2, -0.15) is 0 Å². The summed E-state index contributed by atoms with van der Waals surface area (Å²) in [5, 5.41) is 10.1. The molecule has 0 fully saturated rings. The molecule has 0 spiro atoms. The molecule has 0 heterocycles. The highest BCUT2D eigenvalue weighted by Crippen LogP contribution is 2.36. The van der Waals surface area contributed by atoms with Crippen LogP contribution in [-0.4, -0.2) is 10.9 Å². The largest absolute Gasteiger partial charge is 0.507 e. The Balaban J connectivity index is 2.65. The molecule has 0 aliphatic heterocycles. The van der Waals surface area contributed by atoms with Crippen LogP contribution in [0.5, 0.6) is 5.75 Å². The number of carbonyl (C=O) groups is 1. The van der Waals surface area contributed by atoms with Crippen molar-refractivity contribution in [2.75, 3.05) is 0 Å². The molecule has 0 amide bonds. The molecule has 2 nitrogen and oxygen atoms in total. The fourth-order valence-electron chi connectivity index (χ4n) is 2.41. The van der Waals surface area contributed by atoms with E-state index in [4.69, 9.17) is 0 Å². The van der Waals surface area contributed by atoms with Gasteiger partial charge in [-0.3, -0.25) is 4.79 Å². The second-order valence-electron chi connectivity index (χ2n) is 4.17. The van der Waals surface area contributed by atoms with Gasteiger partial charge in [0.05, 0.1) is 5.56 Å². The molecule has 0 unspecified atom stereocenters. The third-order valence-corrected chi connectivity index (χ3v) is 3.20. The number of phenolic OH excluding ortho intramolecular Hbond substituents is 1. The van der Waals surface area contributed by atoms with Crippen LogP contribution in [0.15, 0.2) is 18.7 Å². The van der Waals surface area contributed by atoms with Crippen LogP contribution < -0.4 is 0 Å². The van der Waals surface area contributed by atoms with E-state index in [1.807, 2.05) is 6.07 Å². The summed E-state index contributed by atoms with van der Waals surface area (Å²) in [5.41, 5.74) is 3.63. The van der Waals surface area contributed by atoms with E-state index in [1.165, 1.54) is 5.56 Å². The minimum Gasteiger partial charge on any atom is -0.507 e. The van der Waals surface area contributed by atoms with Crippen LogP contribution in [0, 0.1) is 0 Å². The monoisotopic (exact) mass is 216 g/mol. The minimum absolute atomic E-state index is 0.0770. The van der Waals surface area contributed by atoms with Crippen molar-refractivity contribution in [1.29, 1.82) is 0 Å². The maximum absolute atomic E-state index is 11.7. The van der Waals surface area contributed by atoms with Crippen LogP contribution in [0.1, 0.15) is 40.4 Å². The first-order chi connectivity index (χ1) is 7.69. The third kappa shape index (κ3) is 1.54. The first-order valence-electron chi connectivity index (χ1n) is 5.69. The second-order valence-corrected chi connectivity index (χ2v) is 4.17. The van der Waals surface area contributed by atoms with Gasteiger partial charge in [-0.1, -0.05) is 19.1 Å². The van der Waals surface area contributed by atoms with E-state index in [9.17, 15) is 9.90 Å². The fraction of sp³-hybridized carbons (Fsp3) is 0.357. The van der Waals surface area contributed by atoms with E-state index in [2.05, 4.69) is 13.5 Å². The number of hydrogen-bond acceptors (Lipinski definition) is 2. The number of benzene rings is 1. The van der Waals surface area contributed by atoms with E-state index in [0.29, 0.717) is 18.4 Å². The number of hydrogen-bond donors (Lipinski definition) is 1. The topological polar surface area (TPSA) is 37.3 Å². The van der Waals surface area contributed by atoms with Gasteiger partial charge in [0.25, 0.3) is 0 Å². The van der Waals surface area contributed by atoms with Crippen LogP contribution in [0.3, 0.4) is 0 Å². The molecule has 0 radical (unpaired) electrons.